The second kappa shape index (κ2) is 10.00. The lowest BCUT2D eigenvalue weighted by Crippen LogP contribution is -1.89. The van der Waals surface area contributed by atoms with Crippen LogP contribution in [0.15, 0.2) is 109 Å². The van der Waals surface area contributed by atoms with Gasteiger partial charge in [0.2, 0.25) is 0 Å². The SMILES string of the molecule is Cc1cc(C)cc(-c2ccc3c4ccc(-c5cc(C)cc(C)c5)cc4c4cc(-c5cc(C)cc(C)c5)ccc4c3c2)c1. The van der Waals surface area contributed by atoms with Crippen LogP contribution in [0.4, 0.5) is 0 Å². The van der Waals surface area contributed by atoms with Gasteiger partial charge in [0, 0.05) is 0 Å². The minimum absolute atomic E-state index is 1.26. The standard InChI is InChI=1S/C42H36/c1-25-13-26(2)17-34(16-25)31-7-10-37-38-11-8-32(35-18-27(3)14-28(4)19-35)23-41(38)42-24-33(9-12-39(42)40(37)22-31)36-20-29(5)15-30(6)21-36/h7-24H,1-6H3. The Kier molecular flexibility index (Phi) is 6.24. The summed E-state index contributed by atoms with van der Waals surface area (Å²) in [7, 11) is 0. The molecule has 0 aliphatic heterocycles. The highest BCUT2D eigenvalue weighted by molar-refractivity contribution is 6.26. The molecule has 0 atom stereocenters. The third kappa shape index (κ3) is 4.68. The topological polar surface area (TPSA) is 0 Å². The second-order valence-corrected chi connectivity index (χ2v) is 12.4. The number of rotatable bonds is 3. The molecule has 0 aliphatic rings. The molecule has 0 N–H and O–H groups in total. The van der Waals surface area contributed by atoms with Crippen molar-refractivity contribution in [2.75, 3.05) is 0 Å². The van der Waals surface area contributed by atoms with Gasteiger partial charge in [-0.05, 0) is 125 Å². The predicted octanol–water partition coefficient (Wildman–Crippen LogP) is 12.0. The van der Waals surface area contributed by atoms with E-state index in [9.17, 15) is 0 Å². The van der Waals surface area contributed by atoms with Crippen LogP contribution in [-0.2, 0) is 0 Å². The van der Waals surface area contributed by atoms with Crippen LogP contribution in [0.25, 0.3) is 65.7 Å². The molecule has 7 aromatic carbocycles. The van der Waals surface area contributed by atoms with Crippen molar-refractivity contribution in [3.8, 4) is 33.4 Å². The normalized spacial score (nSPS) is 11.6. The van der Waals surface area contributed by atoms with Crippen LogP contribution in [0.1, 0.15) is 33.4 Å². The van der Waals surface area contributed by atoms with Crippen molar-refractivity contribution >= 4 is 32.3 Å². The molecular formula is C42H36. The maximum absolute atomic E-state index is 2.42. The summed E-state index contributed by atoms with van der Waals surface area (Å²) >= 11 is 0. The summed E-state index contributed by atoms with van der Waals surface area (Å²) in [5.41, 5.74) is 15.4. The van der Waals surface area contributed by atoms with E-state index in [2.05, 4.69) is 151 Å². The first-order valence-corrected chi connectivity index (χ1v) is 14.9. The van der Waals surface area contributed by atoms with E-state index in [1.165, 1.54) is 99.1 Å². The summed E-state index contributed by atoms with van der Waals surface area (Å²) in [6, 6.07) is 41.7. The van der Waals surface area contributed by atoms with Gasteiger partial charge in [0.05, 0.1) is 0 Å². The second-order valence-electron chi connectivity index (χ2n) is 12.4. The zero-order valence-electron chi connectivity index (χ0n) is 25.4. The summed E-state index contributed by atoms with van der Waals surface area (Å²) in [5, 5.41) is 7.82. The Hall–Kier alpha value is -4.68. The molecule has 0 heteroatoms. The smallest absolute Gasteiger partial charge is 0.00926 e. The number of fused-ring (bicyclic) bond motifs is 6. The average molecular weight is 541 g/mol. The zero-order chi connectivity index (χ0) is 29.1. The molecule has 0 spiro atoms. The molecular weight excluding hydrogens is 504 g/mol. The maximum atomic E-state index is 2.42. The van der Waals surface area contributed by atoms with Crippen LogP contribution in [0.5, 0.6) is 0 Å². The van der Waals surface area contributed by atoms with Gasteiger partial charge in [-0.3, -0.25) is 0 Å². The largest absolute Gasteiger partial charge is 0.0563 e. The highest BCUT2D eigenvalue weighted by Gasteiger charge is 2.14. The Labute approximate surface area is 249 Å². The van der Waals surface area contributed by atoms with Crippen molar-refractivity contribution in [2.45, 2.75) is 41.5 Å². The summed E-state index contributed by atoms with van der Waals surface area (Å²) in [6.07, 6.45) is 0. The fourth-order valence-corrected chi connectivity index (χ4v) is 6.97. The summed E-state index contributed by atoms with van der Waals surface area (Å²) in [4.78, 5) is 0. The highest BCUT2D eigenvalue weighted by Crippen LogP contribution is 2.41. The van der Waals surface area contributed by atoms with Gasteiger partial charge in [-0.2, -0.15) is 0 Å². The fraction of sp³-hybridized carbons (Fsp3) is 0.143. The Morgan fingerprint density at radius 3 is 0.738 bits per heavy atom. The van der Waals surface area contributed by atoms with Crippen molar-refractivity contribution < 1.29 is 0 Å². The lowest BCUT2D eigenvalue weighted by Gasteiger charge is -2.16. The molecule has 0 bridgehead atoms. The molecule has 0 unspecified atom stereocenters. The minimum Gasteiger partial charge on any atom is -0.0563 e. The molecule has 0 nitrogen and oxygen atoms in total. The van der Waals surface area contributed by atoms with Crippen LogP contribution in [0.2, 0.25) is 0 Å². The summed E-state index contributed by atoms with van der Waals surface area (Å²) in [6.45, 7) is 13.1. The molecule has 0 aromatic heterocycles. The molecule has 7 rings (SSSR count). The number of benzene rings is 7. The van der Waals surface area contributed by atoms with Crippen molar-refractivity contribution in [1.82, 2.24) is 0 Å². The molecule has 0 aliphatic carbocycles. The molecule has 42 heavy (non-hydrogen) atoms. The van der Waals surface area contributed by atoms with Crippen molar-refractivity contribution in [1.29, 1.82) is 0 Å². The van der Waals surface area contributed by atoms with Crippen LogP contribution in [0, 0.1) is 41.5 Å². The van der Waals surface area contributed by atoms with Crippen LogP contribution in [0.3, 0.4) is 0 Å². The van der Waals surface area contributed by atoms with Gasteiger partial charge >= 0.3 is 0 Å². The van der Waals surface area contributed by atoms with Crippen LogP contribution >= 0.6 is 0 Å². The maximum Gasteiger partial charge on any atom is -0.00926 e. The summed E-state index contributed by atoms with van der Waals surface area (Å²) < 4.78 is 0. The zero-order valence-corrected chi connectivity index (χ0v) is 25.4. The van der Waals surface area contributed by atoms with Gasteiger partial charge in [0.1, 0.15) is 0 Å². The van der Waals surface area contributed by atoms with Crippen LogP contribution in [-0.4, -0.2) is 0 Å². The van der Waals surface area contributed by atoms with Crippen molar-refractivity contribution in [3.63, 3.8) is 0 Å². The molecule has 0 saturated heterocycles. The summed E-state index contributed by atoms with van der Waals surface area (Å²) in [5.74, 6) is 0. The van der Waals surface area contributed by atoms with Crippen LogP contribution < -0.4 is 0 Å². The van der Waals surface area contributed by atoms with E-state index >= 15 is 0 Å². The molecule has 0 radical (unpaired) electrons. The van der Waals surface area contributed by atoms with Crippen molar-refractivity contribution in [2.24, 2.45) is 0 Å². The molecule has 0 heterocycles. The van der Waals surface area contributed by atoms with Gasteiger partial charge in [-0.1, -0.05) is 124 Å². The van der Waals surface area contributed by atoms with E-state index in [4.69, 9.17) is 0 Å². The third-order valence-electron chi connectivity index (χ3n) is 8.59. The van der Waals surface area contributed by atoms with Crippen molar-refractivity contribution in [3.05, 3.63) is 143 Å². The molecule has 204 valence electrons. The number of aryl methyl sites for hydroxylation is 6. The van der Waals surface area contributed by atoms with E-state index in [-0.39, 0.29) is 0 Å². The monoisotopic (exact) mass is 540 g/mol. The van der Waals surface area contributed by atoms with E-state index in [0.717, 1.165) is 0 Å². The van der Waals surface area contributed by atoms with Gasteiger partial charge in [-0.25, -0.2) is 0 Å². The third-order valence-corrected chi connectivity index (χ3v) is 8.59. The molecule has 0 fully saturated rings. The first kappa shape index (κ1) is 26.2. The van der Waals surface area contributed by atoms with E-state index in [0.29, 0.717) is 0 Å². The Balaban J connectivity index is 1.55. The van der Waals surface area contributed by atoms with Gasteiger partial charge in [0.15, 0.2) is 0 Å². The lowest BCUT2D eigenvalue weighted by atomic mass is 9.88. The highest BCUT2D eigenvalue weighted by atomic mass is 14.2. The Morgan fingerprint density at radius 2 is 0.452 bits per heavy atom. The number of hydrogen-bond donors (Lipinski definition) is 0. The molecule has 0 amide bonds. The predicted molar refractivity (Wildman–Crippen MR) is 184 cm³/mol. The molecule has 0 saturated carbocycles. The van der Waals surface area contributed by atoms with E-state index < -0.39 is 0 Å². The lowest BCUT2D eigenvalue weighted by molar-refractivity contribution is 1.38. The number of hydrogen-bond acceptors (Lipinski definition) is 0. The van der Waals surface area contributed by atoms with Gasteiger partial charge < -0.3 is 0 Å². The first-order valence-electron chi connectivity index (χ1n) is 14.9. The van der Waals surface area contributed by atoms with Gasteiger partial charge in [-0.15, -0.1) is 0 Å². The Bertz CT molecular complexity index is 2130. The fourth-order valence-electron chi connectivity index (χ4n) is 6.97. The first-order chi connectivity index (χ1) is 20.2. The average Bonchev–Trinajstić information content (AvgIpc) is 2.95. The molecule has 7 aromatic rings. The van der Waals surface area contributed by atoms with E-state index in [1.807, 2.05) is 0 Å². The van der Waals surface area contributed by atoms with Gasteiger partial charge in [0.25, 0.3) is 0 Å². The Morgan fingerprint density at radius 1 is 0.214 bits per heavy atom. The quantitative estimate of drug-likeness (QED) is 0.196. The van der Waals surface area contributed by atoms with E-state index in [1.54, 1.807) is 0 Å². The minimum atomic E-state index is 1.26.